The first-order chi connectivity index (χ1) is 13.0. The van der Waals surface area contributed by atoms with Gasteiger partial charge in [-0.05, 0) is 44.0 Å². The molecule has 0 saturated carbocycles. The van der Waals surface area contributed by atoms with E-state index in [2.05, 4.69) is 16.0 Å². The molecule has 4 rings (SSSR count). The predicted molar refractivity (Wildman–Crippen MR) is 97.2 cm³/mol. The summed E-state index contributed by atoms with van der Waals surface area (Å²) >= 11 is 0. The molecule has 3 heterocycles. The van der Waals surface area contributed by atoms with E-state index in [0.29, 0.717) is 17.2 Å². The summed E-state index contributed by atoms with van der Waals surface area (Å²) in [4.78, 5) is 49.8. The second kappa shape index (κ2) is 7.11. The number of fused-ring (bicyclic) bond motifs is 1. The lowest BCUT2D eigenvalue weighted by Gasteiger charge is -2.27. The van der Waals surface area contributed by atoms with Crippen LogP contribution in [0.25, 0.3) is 0 Å². The fourth-order valence-corrected chi connectivity index (χ4v) is 3.92. The van der Waals surface area contributed by atoms with Crippen LogP contribution in [-0.2, 0) is 9.59 Å². The molecule has 8 heteroatoms. The Hall–Kier alpha value is -2.74. The van der Waals surface area contributed by atoms with Crippen molar-refractivity contribution in [2.75, 3.05) is 18.4 Å². The van der Waals surface area contributed by atoms with E-state index < -0.39 is 23.8 Å². The van der Waals surface area contributed by atoms with Gasteiger partial charge in [-0.1, -0.05) is 6.42 Å². The minimum absolute atomic E-state index is 0.116. The number of piperidine rings is 2. The highest BCUT2D eigenvalue weighted by Crippen LogP contribution is 2.29. The predicted octanol–water partition coefficient (Wildman–Crippen LogP) is 0.642. The zero-order valence-corrected chi connectivity index (χ0v) is 14.9. The first-order valence-corrected chi connectivity index (χ1v) is 9.37. The molecule has 27 heavy (non-hydrogen) atoms. The number of amides is 4. The van der Waals surface area contributed by atoms with Gasteiger partial charge in [0.1, 0.15) is 6.04 Å². The first-order valence-electron chi connectivity index (χ1n) is 9.37. The van der Waals surface area contributed by atoms with Crippen molar-refractivity contribution in [3.05, 3.63) is 29.3 Å². The Bertz CT molecular complexity index is 816. The van der Waals surface area contributed by atoms with E-state index in [9.17, 15) is 19.2 Å². The smallest absolute Gasteiger partial charge is 0.262 e. The molecular weight excluding hydrogens is 348 g/mol. The van der Waals surface area contributed by atoms with Crippen molar-refractivity contribution in [2.45, 2.75) is 44.2 Å². The number of imide groups is 2. The molecule has 142 valence electrons. The van der Waals surface area contributed by atoms with Crippen molar-refractivity contribution in [1.82, 2.24) is 15.5 Å². The number of carbonyl (C=O) groups is 4. The maximum Gasteiger partial charge on any atom is 0.262 e. The molecule has 3 aliphatic heterocycles. The molecule has 0 aliphatic carbocycles. The average molecular weight is 370 g/mol. The van der Waals surface area contributed by atoms with Gasteiger partial charge in [-0.25, -0.2) is 0 Å². The normalized spacial score (nSPS) is 25.4. The van der Waals surface area contributed by atoms with E-state index in [0.717, 1.165) is 30.1 Å². The molecule has 0 radical (unpaired) electrons. The number of hydrogen-bond acceptors (Lipinski definition) is 6. The second-order valence-corrected chi connectivity index (χ2v) is 7.24. The van der Waals surface area contributed by atoms with Gasteiger partial charge in [0.25, 0.3) is 11.8 Å². The lowest BCUT2D eigenvalue weighted by atomic mass is 10.0. The van der Waals surface area contributed by atoms with Crippen LogP contribution in [0.3, 0.4) is 0 Å². The maximum absolute atomic E-state index is 12.8. The van der Waals surface area contributed by atoms with Gasteiger partial charge in [-0.3, -0.25) is 29.4 Å². The van der Waals surface area contributed by atoms with Gasteiger partial charge in [-0.2, -0.15) is 0 Å². The van der Waals surface area contributed by atoms with E-state index in [-0.39, 0.29) is 18.7 Å². The first kappa shape index (κ1) is 17.7. The van der Waals surface area contributed by atoms with Gasteiger partial charge in [-0.15, -0.1) is 0 Å². The molecular formula is C19H22N4O4. The Kier molecular flexibility index (Phi) is 4.65. The standard InChI is InChI=1S/C19H22N4O4/c24-16-7-6-15(17(25)22-16)23-18(26)13-5-4-11(9-14(13)19(23)27)21-10-12-3-1-2-8-20-12/h4-5,9,12,15,20-21H,1-3,6-8,10H2,(H,22,24,25)/t12-,15?/m1/s1. The Morgan fingerprint density at radius 3 is 2.59 bits per heavy atom. The zero-order chi connectivity index (χ0) is 19.0. The molecule has 1 aromatic rings. The van der Waals surface area contributed by atoms with Crippen LogP contribution in [0.15, 0.2) is 18.2 Å². The monoisotopic (exact) mass is 370 g/mol. The number of hydrogen-bond donors (Lipinski definition) is 3. The van der Waals surface area contributed by atoms with Crippen LogP contribution in [0.5, 0.6) is 0 Å². The number of nitrogens with zero attached hydrogens (tertiary/aromatic N) is 1. The van der Waals surface area contributed by atoms with Crippen LogP contribution in [0.4, 0.5) is 5.69 Å². The van der Waals surface area contributed by atoms with Crippen molar-refractivity contribution in [1.29, 1.82) is 0 Å². The van der Waals surface area contributed by atoms with E-state index in [1.54, 1.807) is 18.2 Å². The van der Waals surface area contributed by atoms with Crippen molar-refractivity contribution in [2.24, 2.45) is 0 Å². The molecule has 3 N–H and O–H groups in total. The lowest BCUT2D eigenvalue weighted by Crippen LogP contribution is -2.54. The van der Waals surface area contributed by atoms with Gasteiger partial charge in [0.15, 0.2) is 0 Å². The summed E-state index contributed by atoms with van der Waals surface area (Å²) in [6.45, 7) is 1.77. The van der Waals surface area contributed by atoms with Crippen molar-refractivity contribution >= 4 is 29.3 Å². The number of benzene rings is 1. The summed E-state index contributed by atoms with van der Waals surface area (Å²) in [5, 5.41) is 8.97. The fourth-order valence-electron chi connectivity index (χ4n) is 3.92. The van der Waals surface area contributed by atoms with E-state index in [4.69, 9.17) is 0 Å². The van der Waals surface area contributed by atoms with Crippen LogP contribution in [0.2, 0.25) is 0 Å². The Morgan fingerprint density at radius 1 is 1.04 bits per heavy atom. The van der Waals surface area contributed by atoms with Gasteiger partial charge in [0.2, 0.25) is 11.8 Å². The maximum atomic E-state index is 12.8. The summed E-state index contributed by atoms with van der Waals surface area (Å²) in [5.74, 6) is -1.94. The quantitative estimate of drug-likeness (QED) is 0.672. The molecule has 4 amide bonds. The van der Waals surface area contributed by atoms with Crippen molar-refractivity contribution < 1.29 is 19.2 Å². The molecule has 0 spiro atoms. The summed E-state index contributed by atoms with van der Waals surface area (Å²) in [6, 6.07) is 4.53. The van der Waals surface area contributed by atoms with Crippen LogP contribution in [0.1, 0.15) is 52.8 Å². The van der Waals surface area contributed by atoms with Gasteiger partial charge in [0, 0.05) is 24.7 Å². The third-order valence-electron chi connectivity index (χ3n) is 5.40. The zero-order valence-electron chi connectivity index (χ0n) is 14.9. The number of rotatable bonds is 4. The number of anilines is 1. The SMILES string of the molecule is O=C1CCC(N2C(=O)c3ccc(NC[C@H]4CCCCN4)cc3C2=O)C(=O)N1. The summed E-state index contributed by atoms with van der Waals surface area (Å²) in [7, 11) is 0. The molecule has 0 bridgehead atoms. The largest absolute Gasteiger partial charge is 0.383 e. The minimum atomic E-state index is -0.932. The molecule has 2 atom stereocenters. The molecule has 0 aromatic heterocycles. The Labute approximate surface area is 156 Å². The lowest BCUT2D eigenvalue weighted by molar-refractivity contribution is -0.136. The molecule has 2 fully saturated rings. The van der Waals surface area contributed by atoms with Crippen LogP contribution in [-0.4, -0.2) is 53.7 Å². The third kappa shape index (κ3) is 3.32. The molecule has 1 aromatic carbocycles. The van der Waals surface area contributed by atoms with Crippen LogP contribution < -0.4 is 16.0 Å². The van der Waals surface area contributed by atoms with Crippen molar-refractivity contribution in [3.63, 3.8) is 0 Å². The molecule has 2 saturated heterocycles. The van der Waals surface area contributed by atoms with Crippen LogP contribution >= 0.6 is 0 Å². The average Bonchev–Trinajstić information content (AvgIpc) is 2.92. The van der Waals surface area contributed by atoms with Crippen LogP contribution in [0, 0.1) is 0 Å². The molecule has 3 aliphatic rings. The summed E-state index contributed by atoms with van der Waals surface area (Å²) < 4.78 is 0. The van der Waals surface area contributed by atoms with Gasteiger partial charge in [0.05, 0.1) is 11.1 Å². The van der Waals surface area contributed by atoms with E-state index >= 15 is 0 Å². The highest BCUT2D eigenvalue weighted by molar-refractivity contribution is 6.23. The second-order valence-electron chi connectivity index (χ2n) is 7.24. The third-order valence-corrected chi connectivity index (χ3v) is 5.40. The Morgan fingerprint density at radius 2 is 1.85 bits per heavy atom. The number of carbonyl (C=O) groups excluding carboxylic acids is 4. The van der Waals surface area contributed by atoms with E-state index in [1.807, 2.05) is 0 Å². The van der Waals surface area contributed by atoms with Crippen molar-refractivity contribution in [3.8, 4) is 0 Å². The number of nitrogens with one attached hydrogen (secondary N) is 3. The summed E-state index contributed by atoms with van der Waals surface area (Å²) in [5.41, 5.74) is 1.37. The van der Waals surface area contributed by atoms with Gasteiger partial charge < -0.3 is 10.6 Å². The fraction of sp³-hybridized carbons (Fsp3) is 0.474. The summed E-state index contributed by atoms with van der Waals surface area (Å²) in [6.07, 6.45) is 3.79. The molecule has 1 unspecified atom stereocenters. The Balaban J connectivity index is 1.49. The molecule has 8 nitrogen and oxygen atoms in total. The van der Waals surface area contributed by atoms with Gasteiger partial charge >= 0.3 is 0 Å². The highest BCUT2D eigenvalue weighted by atomic mass is 16.2. The topological polar surface area (TPSA) is 108 Å². The van der Waals surface area contributed by atoms with E-state index in [1.165, 1.54) is 12.8 Å². The highest BCUT2D eigenvalue weighted by Gasteiger charge is 2.44. The minimum Gasteiger partial charge on any atom is -0.383 e.